The third-order valence-corrected chi connectivity index (χ3v) is 3.65. The highest BCUT2D eigenvalue weighted by Gasteiger charge is 2.25. The summed E-state index contributed by atoms with van der Waals surface area (Å²) in [5.74, 6) is -2.58. The molecule has 0 aliphatic carbocycles. The molecule has 1 aliphatic heterocycles. The summed E-state index contributed by atoms with van der Waals surface area (Å²) >= 11 is 0. The van der Waals surface area contributed by atoms with Crippen LogP contribution in [0.2, 0.25) is 0 Å². The predicted molar refractivity (Wildman–Crippen MR) is 69.4 cm³/mol. The number of rotatable bonds is 6. The van der Waals surface area contributed by atoms with Gasteiger partial charge in [0.2, 0.25) is 11.8 Å². The Morgan fingerprint density at radius 3 is 2.26 bits per heavy atom. The Labute approximate surface area is 113 Å². The van der Waals surface area contributed by atoms with Crippen molar-refractivity contribution in [1.29, 1.82) is 0 Å². The van der Waals surface area contributed by atoms with Crippen LogP contribution in [-0.2, 0) is 14.4 Å². The van der Waals surface area contributed by atoms with Crippen molar-refractivity contribution >= 4 is 17.8 Å². The standard InChI is InChI=1S/C13H22N2O4/c1-9(10(2)13(18)19)12(17)14-6-5-11(16)15-7-3-4-8-15/h9-10H,3-8H2,1-2H3,(H,14,17)(H,18,19). The number of aliphatic carboxylic acids is 1. The number of likely N-dealkylation sites (tertiary alicyclic amines) is 1. The Kier molecular flexibility index (Phi) is 5.79. The Morgan fingerprint density at radius 1 is 1.16 bits per heavy atom. The van der Waals surface area contributed by atoms with E-state index in [-0.39, 0.29) is 24.8 Å². The lowest BCUT2D eigenvalue weighted by Crippen LogP contribution is -2.37. The molecule has 2 amide bonds. The van der Waals surface area contributed by atoms with Crippen LogP contribution in [0.1, 0.15) is 33.1 Å². The summed E-state index contributed by atoms with van der Waals surface area (Å²) in [6, 6.07) is 0. The van der Waals surface area contributed by atoms with E-state index in [2.05, 4.69) is 5.32 Å². The zero-order valence-electron chi connectivity index (χ0n) is 11.5. The van der Waals surface area contributed by atoms with E-state index >= 15 is 0 Å². The molecule has 0 aromatic carbocycles. The first-order valence-electron chi connectivity index (χ1n) is 6.71. The van der Waals surface area contributed by atoms with Crippen LogP contribution >= 0.6 is 0 Å². The highest BCUT2D eigenvalue weighted by molar-refractivity contribution is 5.84. The number of carbonyl (C=O) groups is 3. The van der Waals surface area contributed by atoms with Crippen LogP contribution < -0.4 is 5.32 Å². The van der Waals surface area contributed by atoms with Crippen LogP contribution in [0.15, 0.2) is 0 Å². The third kappa shape index (κ3) is 4.54. The van der Waals surface area contributed by atoms with Gasteiger partial charge in [0.25, 0.3) is 0 Å². The van der Waals surface area contributed by atoms with Crippen molar-refractivity contribution in [2.45, 2.75) is 33.1 Å². The minimum Gasteiger partial charge on any atom is -0.481 e. The first-order chi connectivity index (χ1) is 8.93. The lowest BCUT2D eigenvalue weighted by atomic mass is 9.95. The van der Waals surface area contributed by atoms with E-state index in [1.807, 2.05) is 0 Å². The van der Waals surface area contributed by atoms with E-state index in [9.17, 15) is 14.4 Å². The fraction of sp³-hybridized carbons (Fsp3) is 0.769. The van der Waals surface area contributed by atoms with Crippen LogP contribution in [-0.4, -0.2) is 47.4 Å². The lowest BCUT2D eigenvalue weighted by Gasteiger charge is -2.17. The molecule has 6 heteroatoms. The number of nitrogens with one attached hydrogen (secondary N) is 1. The maximum absolute atomic E-state index is 11.7. The minimum absolute atomic E-state index is 0.0525. The highest BCUT2D eigenvalue weighted by atomic mass is 16.4. The molecule has 1 rings (SSSR count). The average molecular weight is 270 g/mol. The maximum Gasteiger partial charge on any atom is 0.307 e. The van der Waals surface area contributed by atoms with Gasteiger partial charge >= 0.3 is 5.97 Å². The molecule has 6 nitrogen and oxygen atoms in total. The summed E-state index contributed by atoms with van der Waals surface area (Å²) in [5.41, 5.74) is 0. The topological polar surface area (TPSA) is 86.7 Å². The molecule has 0 saturated carbocycles. The zero-order valence-corrected chi connectivity index (χ0v) is 11.5. The smallest absolute Gasteiger partial charge is 0.307 e. The van der Waals surface area contributed by atoms with Crippen LogP contribution in [0, 0.1) is 11.8 Å². The first-order valence-corrected chi connectivity index (χ1v) is 6.71. The van der Waals surface area contributed by atoms with E-state index < -0.39 is 17.8 Å². The molecule has 0 bridgehead atoms. The molecule has 0 aromatic rings. The largest absolute Gasteiger partial charge is 0.481 e. The number of amides is 2. The molecule has 0 radical (unpaired) electrons. The first kappa shape index (κ1) is 15.5. The summed E-state index contributed by atoms with van der Waals surface area (Å²) in [6.07, 6.45) is 2.37. The monoisotopic (exact) mass is 270 g/mol. The third-order valence-electron chi connectivity index (χ3n) is 3.65. The van der Waals surface area contributed by atoms with Crippen molar-refractivity contribution in [3.8, 4) is 0 Å². The van der Waals surface area contributed by atoms with Crippen LogP contribution in [0.25, 0.3) is 0 Å². The summed E-state index contributed by atoms with van der Waals surface area (Å²) < 4.78 is 0. The summed E-state index contributed by atoms with van der Waals surface area (Å²) in [7, 11) is 0. The fourth-order valence-corrected chi connectivity index (χ4v) is 2.02. The van der Waals surface area contributed by atoms with Gasteiger partial charge in [-0.05, 0) is 12.8 Å². The van der Waals surface area contributed by atoms with E-state index in [1.54, 1.807) is 11.8 Å². The lowest BCUT2D eigenvalue weighted by molar-refractivity contribution is -0.146. The maximum atomic E-state index is 11.7. The van der Waals surface area contributed by atoms with Crippen molar-refractivity contribution in [3.63, 3.8) is 0 Å². The molecule has 0 aromatic heterocycles. The number of carboxylic acids is 1. The highest BCUT2D eigenvalue weighted by Crippen LogP contribution is 2.11. The molecule has 1 heterocycles. The van der Waals surface area contributed by atoms with Crippen molar-refractivity contribution in [2.24, 2.45) is 11.8 Å². The average Bonchev–Trinajstić information content (AvgIpc) is 2.90. The van der Waals surface area contributed by atoms with Crippen LogP contribution in [0.5, 0.6) is 0 Å². The Bertz CT molecular complexity index is 351. The van der Waals surface area contributed by atoms with E-state index in [4.69, 9.17) is 5.11 Å². The second-order valence-corrected chi connectivity index (χ2v) is 5.04. The van der Waals surface area contributed by atoms with E-state index in [1.165, 1.54) is 6.92 Å². The van der Waals surface area contributed by atoms with E-state index in [0.29, 0.717) is 0 Å². The number of hydrogen-bond donors (Lipinski definition) is 2. The molecule has 1 fully saturated rings. The number of nitrogens with zero attached hydrogens (tertiary/aromatic N) is 1. The second kappa shape index (κ2) is 7.11. The van der Waals surface area contributed by atoms with Gasteiger partial charge < -0.3 is 15.3 Å². The molecule has 108 valence electrons. The van der Waals surface area contributed by atoms with Crippen molar-refractivity contribution in [1.82, 2.24) is 10.2 Å². The molecule has 0 spiro atoms. The Morgan fingerprint density at radius 2 is 1.74 bits per heavy atom. The summed E-state index contributed by atoms with van der Waals surface area (Å²) in [4.78, 5) is 36.0. The van der Waals surface area contributed by atoms with Gasteiger partial charge in [-0.25, -0.2) is 0 Å². The molecule has 2 atom stereocenters. The van der Waals surface area contributed by atoms with Crippen LogP contribution in [0.4, 0.5) is 0 Å². The number of carboxylic acid groups (broad SMARTS) is 1. The Hall–Kier alpha value is -1.59. The number of hydrogen-bond acceptors (Lipinski definition) is 3. The SMILES string of the molecule is CC(C(=O)O)C(C)C(=O)NCCC(=O)N1CCCC1. The normalized spacial score (nSPS) is 17.9. The molecule has 2 unspecified atom stereocenters. The van der Waals surface area contributed by atoms with Gasteiger partial charge in [0, 0.05) is 32.0 Å². The van der Waals surface area contributed by atoms with Gasteiger partial charge in [-0.3, -0.25) is 14.4 Å². The van der Waals surface area contributed by atoms with Gasteiger partial charge in [0.15, 0.2) is 0 Å². The van der Waals surface area contributed by atoms with Crippen molar-refractivity contribution in [3.05, 3.63) is 0 Å². The van der Waals surface area contributed by atoms with Gasteiger partial charge in [0.1, 0.15) is 0 Å². The van der Waals surface area contributed by atoms with Crippen LogP contribution in [0.3, 0.4) is 0 Å². The quantitative estimate of drug-likeness (QED) is 0.734. The fourth-order valence-electron chi connectivity index (χ4n) is 2.02. The molecular formula is C13H22N2O4. The summed E-state index contributed by atoms with van der Waals surface area (Å²) in [6.45, 7) is 4.96. The predicted octanol–water partition coefficient (Wildman–Crippen LogP) is 0.472. The van der Waals surface area contributed by atoms with Crippen molar-refractivity contribution < 1.29 is 19.5 Å². The van der Waals surface area contributed by atoms with E-state index in [0.717, 1.165) is 25.9 Å². The molecular weight excluding hydrogens is 248 g/mol. The molecule has 19 heavy (non-hydrogen) atoms. The molecule has 1 aliphatic rings. The molecule has 2 N–H and O–H groups in total. The van der Waals surface area contributed by atoms with Gasteiger partial charge in [-0.15, -0.1) is 0 Å². The second-order valence-electron chi connectivity index (χ2n) is 5.04. The number of carbonyl (C=O) groups excluding carboxylic acids is 2. The van der Waals surface area contributed by atoms with Gasteiger partial charge in [0.05, 0.1) is 5.92 Å². The zero-order chi connectivity index (χ0) is 14.4. The van der Waals surface area contributed by atoms with Gasteiger partial charge in [-0.2, -0.15) is 0 Å². The van der Waals surface area contributed by atoms with Crippen molar-refractivity contribution in [2.75, 3.05) is 19.6 Å². The summed E-state index contributed by atoms with van der Waals surface area (Å²) in [5, 5.41) is 11.4. The van der Waals surface area contributed by atoms with Gasteiger partial charge in [-0.1, -0.05) is 13.8 Å². The minimum atomic E-state index is -0.990. The Balaban J connectivity index is 2.26. The molecule has 1 saturated heterocycles.